The van der Waals surface area contributed by atoms with Gasteiger partial charge < -0.3 is 24.0 Å². The Kier molecular flexibility index (Phi) is 10.3. The van der Waals surface area contributed by atoms with Crippen molar-refractivity contribution in [3.05, 3.63) is 35.0 Å². The van der Waals surface area contributed by atoms with Crippen LogP contribution in [0.1, 0.15) is 91.8 Å². The van der Waals surface area contributed by atoms with Crippen molar-refractivity contribution in [1.29, 1.82) is 5.26 Å². The van der Waals surface area contributed by atoms with Crippen molar-refractivity contribution in [1.82, 2.24) is 24.8 Å². The first-order valence-corrected chi connectivity index (χ1v) is 21.0. The normalized spacial score (nSPS) is 23.4. The number of halogens is 3. The Hall–Kier alpha value is -4.95. The number of ether oxygens (including phenoxy) is 3. The monoisotopic (exact) mass is 834 g/mol. The van der Waals surface area contributed by atoms with Crippen molar-refractivity contribution in [2.75, 3.05) is 43.0 Å². The summed E-state index contributed by atoms with van der Waals surface area (Å²) in [5, 5.41) is 13.5. The maximum Gasteiger partial charge on any atom is 0.412 e. The van der Waals surface area contributed by atoms with Crippen molar-refractivity contribution in [2.24, 2.45) is 0 Å². The minimum atomic E-state index is -0.982. The average molecular weight is 835 g/mol. The van der Waals surface area contributed by atoms with Gasteiger partial charge in [0.15, 0.2) is 5.82 Å². The number of nitrogens with zero attached hydrogens (tertiary/aromatic N) is 7. The van der Waals surface area contributed by atoms with E-state index in [1.54, 1.807) is 25.7 Å². The number of likely N-dealkylation sites (tertiary alicyclic amines) is 1. The second-order valence-electron chi connectivity index (χ2n) is 18.0. The van der Waals surface area contributed by atoms with E-state index in [-0.39, 0.29) is 62.1 Å². The summed E-state index contributed by atoms with van der Waals surface area (Å²) in [6.45, 7) is 14.7. The Balaban J connectivity index is 1.26. The number of aromatic nitrogens is 3. The summed E-state index contributed by atoms with van der Waals surface area (Å²) in [4.78, 5) is 46.5. The third-order valence-corrected chi connectivity index (χ3v) is 12.8. The van der Waals surface area contributed by atoms with E-state index in [2.05, 4.69) is 21.2 Å². The van der Waals surface area contributed by atoms with Crippen LogP contribution in [0, 0.1) is 23.0 Å². The fourth-order valence-corrected chi connectivity index (χ4v) is 10.3. The Morgan fingerprint density at radius 2 is 1.80 bits per heavy atom. The number of thiophene rings is 1. The Bertz CT molecular complexity index is 2390. The lowest BCUT2D eigenvalue weighted by atomic mass is 9.95. The number of hydrogen-bond acceptors (Lipinski definition) is 12. The van der Waals surface area contributed by atoms with Crippen LogP contribution in [0.15, 0.2) is 12.1 Å². The molecule has 4 aliphatic rings. The van der Waals surface area contributed by atoms with Crippen LogP contribution in [-0.4, -0.2) is 105 Å². The molecule has 314 valence electrons. The SMILES string of the molecule is C[C@@H]1[C@H](N2CCCc3nc(-c4ccc(F)c5sc(NC(=O)OC(C)(C)C)c(C#N)c45)c(F)c4nc(OC[C@@]56CCCN5C[C@H](F)C6)nc2c34)CCN1C(=O)OC(C)(C)C. The first-order chi connectivity index (χ1) is 27.9. The molecule has 3 aromatic heterocycles. The summed E-state index contributed by atoms with van der Waals surface area (Å²) < 4.78 is 65.4. The van der Waals surface area contributed by atoms with Gasteiger partial charge in [-0.15, -0.1) is 11.3 Å². The highest BCUT2D eigenvalue weighted by atomic mass is 32.1. The number of aryl methyl sites for hydroxylation is 1. The van der Waals surface area contributed by atoms with Crippen LogP contribution in [0.25, 0.3) is 32.2 Å². The van der Waals surface area contributed by atoms with Crippen molar-refractivity contribution >= 4 is 55.3 Å². The molecule has 8 rings (SSSR count). The molecule has 2 amide bonds. The summed E-state index contributed by atoms with van der Waals surface area (Å²) in [5.41, 5.74) is -1.68. The summed E-state index contributed by atoms with van der Waals surface area (Å²) in [6.07, 6.45) is 1.35. The second kappa shape index (κ2) is 14.9. The molecular weight excluding hydrogens is 786 g/mol. The van der Waals surface area contributed by atoms with Crippen molar-refractivity contribution < 1.29 is 37.0 Å². The highest BCUT2D eigenvalue weighted by molar-refractivity contribution is 7.23. The third kappa shape index (κ3) is 7.58. The largest absolute Gasteiger partial charge is 0.461 e. The van der Waals surface area contributed by atoms with E-state index in [0.717, 1.165) is 30.7 Å². The Morgan fingerprint density at radius 1 is 1.03 bits per heavy atom. The first kappa shape index (κ1) is 40.8. The van der Waals surface area contributed by atoms with Crippen LogP contribution >= 0.6 is 11.3 Å². The standard InChI is InChI=1S/C42H49F3N8O5S/c1-22-28(13-17-52(22)39(55)58-41(5,6)7)53-16-8-10-27-30-33(48-37(49-35(30)53)56-21-42-14-9-15-51(42)20-23(43)18-42)31(45)32(47-27)24-11-12-26(44)34-29(24)25(19-46)36(59-34)50-38(54)57-40(2,3)4/h11-12,22-23,28H,8-10,13-18,20-21H2,1-7H3,(H,50,54)/t22-,23-,28-,42+/m1/s1. The molecule has 17 heteroatoms. The molecule has 0 radical (unpaired) electrons. The van der Waals surface area contributed by atoms with E-state index in [9.17, 15) is 19.2 Å². The topological polar surface area (TPSA) is 146 Å². The molecule has 4 atom stereocenters. The number of carbonyl (C=O) groups is 2. The number of nitrogens with one attached hydrogen (secondary N) is 1. The number of rotatable bonds is 6. The lowest BCUT2D eigenvalue weighted by molar-refractivity contribution is 0.0232. The zero-order valence-corrected chi connectivity index (χ0v) is 35.2. The lowest BCUT2D eigenvalue weighted by Crippen LogP contribution is -2.47. The predicted octanol–water partition coefficient (Wildman–Crippen LogP) is 8.51. The number of anilines is 2. The highest BCUT2D eigenvalue weighted by Crippen LogP contribution is 2.46. The third-order valence-electron chi connectivity index (χ3n) is 11.7. The van der Waals surface area contributed by atoms with Gasteiger partial charge in [0.1, 0.15) is 57.9 Å². The quantitative estimate of drug-likeness (QED) is 0.200. The van der Waals surface area contributed by atoms with E-state index in [1.165, 1.54) is 12.1 Å². The Morgan fingerprint density at radius 3 is 2.53 bits per heavy atom. The number of pyridine rings is 1. The maximum absolute atomic E-state index is 17.6. The van der Waals surface area contributed by atoms with Crippen LogP contribution in [0.3, 0.4) is 0 Å². The van der Waals surface area contributed by atoms with Crippen molar-refractivity contribution in [2.45, 2.75) is 122 Å². The smallest absolute Gasteiger partial charge is 0.412 e. The number of nitriles is 1. The first-order valence-electron chi connectivity index (χ1n) is 20.2. The van der Waals surface area contributed by atoms with Gasteiger partial charge in [-0.1, -0.05) is 0 Å². The van der Waals surface area contributed by atoms with E-state index in [4.69, 9.17) is 29.2 Å². The predicted molar refractivity (Wildman–Crippen MR) is 218 cm³/mol. The molecule has 13 nitrogen and oxygen atoms in total. The maximum atomic E-state index is 17.6. The molecule has 0 spiro atoms. The van der Waals surface area contributed by atoms with E-state index in [1.807, 2.05) is 27.7 Å². The van der Waals surface area contributed by atoms with E-state index in [0.29, 0.717) is 62.2 Å². The number of alkyl halides is 1. The van der Waals surface area contributed by atoms with Crippen molar-refractivity contribution in [3.63, 3.8) is 0 Å². The minimum absolute atomic E-state index is 0.0312. The Labute approximate surface area is 344 Å². The number of carbonyl (C=O) groups excluding carboxylic acids is 2. The number of fused-ring (bicyclic) bond motifs is 2. The van der Waals surface area contributed by atoms with Crippen LogP contribution in [0.5, 0.6) is 6.01 Å². The fraction of sp³-hybridized carbons (Fsp3) is 0.571. The molecule has 7 heterocycles. The van der Waals surface area contributed by atoms with Gasteiger partial charge >= 0.3 is 18.2 Å². The van der Waals surface area contributed by atoms with Gasteiger partial charge in [0.05, 0.1) is 39.0 Å². The van der Waals surface area contributed by atoms with Gasteiger partial charge in [0.25, 0.3) is 0 Å². The molecule has 0 saturated carbocycles. The molecule has 1 N–H and O–H groups in total. The van der Waals surface area contributed by atoms with Gasteiger partial charge in [-0.25, -0.2) is 27.7 Å². The summed E-state index contributed by atoms with van der Waals surface area (Å²) in [7, 11) is 0. The summed E-state index contributed by atoms with van der Waals surface area (Å²) >= 11 is 0.843. The summed E-state index contributed by atoms with van der Waals surface area (Å²) in [6, 6.07) is 4.05. The van der Waals surface area contributed by atoms with E-state index >= 15 is 8.78 Å². The van der Waals surface area contributed by atoms with Gasteiger partial charge in [-0.3, -0.25) is 10.2 Å². The summed E-state index contributed by atoms with van der Waals surface area (Å²) in [5.74, 6) is -1.08. The highest BCUT2D eigenvalue weighted by Gasteiger charge is 2.50. The van der Waals surface area contributed by atoms with Gasteiger partial charge in [-0.2, -0.15) is 15.2 Å². The van der Waals surface area contributed by atoms with Gasteiger partial charge in [-0.05, 0) is 99.2 Å². The molecule has 1 aromatic carbocycles. The van der Waals surface area contributed by atoms with Crippen LogP contribution in [-0.2, 0) is 15.9 Å². The molecule has 3 saturated heterocycles. The van der Waals surface area contributed by atoms with E-state index < -0.39 is 46.7 Å². The molecule has 4 aliphatic heterocycles. The van der Waals surface area contributed by atoms with Gasteiger partial charge in [0, 0.05) is 37.0 Å². The lowest BCUT2D eigenvalue weighted by Gasteiger charge is -2.35. The van der Waals surface area contributed by atoms with Crippen LogP contribution < -0.4 is 15.0 Å². The molecule has 0 aliphatic carbocycles. The number of amides is 2. The van der Waals surface area contributed by atoms with Crippen LogP contribution in [0.4, 0.5) is 33.6 Å². The van der Waals surface area contributed by atoms with Gasteiger partial charge in [0.2, 0.25) is 0 Å². The molecular formula is C42H49F3N8O5S. The molecule has 0 unspecified atom stereocenters. The molecule has 4 aromatic rings. The minimum Gasteiger partial charge on any atom is -0.461 e. The fourth-order valence-electron chi connectivity index (χ4n) is 9.21. The average Bonchev–Trinajstić information content (AvgIpc) is 3.87. The zero-order valence-electron chi connectivity index (χ0n) is 34.4. The number of hydrogen-bond donors (Lipinski definition) is 1. The second-order valence-corrected chi connectivity index (χ2v) is 19.1. The number of benzene rings is 1. The zero-order chi connectivity index (χ0) is 42.2. The molecule has 3 fully saturated rings. The van der Waals surface area contributed by atoms with Crippen LogP contribution in [0.2, 0.25) is 0 Å². The molecule has 59 heavy (non-hydrogen) atoms. The van der Waals surface area contributed by atoms with Crippen molar-refractivity contribution in [3.8, 4) is 23.3 Å². The molecule has 0 bridgehead atoms.